The third-order valence-corrected chi connectivity index (χ3v) is 1.83. The summed E-state index contributed by atoms with van der Waals surface area (Å²) in [7, 11) is 0. The summed E-state index contributed by atoms with van der Waals surface area (Å²) < 4.78 is 25.4. The van der Waals surface area contributed by atoms with Crippen molar-refractivity contribution in [2.24, 2.45) is 5.73 Å². The van der Waals surface area contributed by atoms with Crippen LogP contribution in [0.1, 0.15) is 11.7 Å². The van der Waals surface area contributed by atoms with Crippen molar-refractivity contribution in [3.8, 4) is 0 Å². The zero-order valence-electron chi connectivity index (χ0n) is 6.23. The first-order valence-electron chi connectivity index (χ1n) is 3.44. The fraction of sp³-hybridized carbons (Fsp3) is 0.250. The predicted octanol–water partition coefficient (Wildman–Crippen LogP) is 2.45. The highest BCUT2D eigenvalue weighted by molar-refractivity contribution is 6.31. The lowest BCUT2D eigenvalue weighted by atomic mass is 10.1. The minimum absolute atomic E-state index is 0.0768. The number of hydrogen-bond acceptors (Lipinski definition) is 1. The maximum Gasteiger partial charge on any atom is 0.139 e. The third kappa shape index (κ3) is 1.93. The van der Waals surface area contributed by atoms with E-state index in [0.29, 0.717) is 0 Å². The molecule has 0 amide bonds. The molecule has 0 bridgehead atoms. The summed E-state index contributed by atoms with van der Waals surface area (Å²) in [6.45, 7) is -0.147. The number of nitrogens with two attached hydrogens (primary N) is 1. The van der Waals surface area contributed by atoms with Gasteiger partial charge in [0.15, 0.2) is 0 Å². The third-order valence-electron chi connectivity index (χ3n) is 1.51. The fourth-order valence-corrected chi connectivity index (χ4v) is 1.17. The standard InChI is InChI=1S/C8H8ClF2N/c9-7-3-5(10)1-2-6(7)8(11)4-12/h1-3,8H,4,12H2. The SMILES string of the molecule is NCC(F)c1ccc(F)cc1Cl. The van der Waals surface area contributed by atoms with Crippen molar-refractivity contribution < 1.29 is 8.78 Å². The molecule has 4 heteroatoms. The molecule has 0 aliphatic heterocycles. The molecule has 1 aromatic carbocycles. The van der Waals surface area contributed by atoms with Gasteiger partial charge in [0.2, 0.25) is 0 Å². The van der Waals surface area contributed by atoms with E-state index in [-0.39, 0.29) is 17.1 Å². The number of benzene rings is 1. The smallest absolute Gasteiger partial charge is 0.139 e. The summed E-state index contributed by atoms with van der Waals surface area (Å²) in [4.78, 5) is 0. The summed E-state index contributed by atoms with van der Waals surface area (Å²) in [5.74, 6) is -0.479. The second-order valence-electron chi connectivity index (χ2n) is 2.37. The van der Waals surface area contributed by atoms with Crippen molar-refractivity contribution >= 4 is 11.6 Å². The Labute approximate surface area is 74.1 Å². The quantitative estimate of drug-likeness (QED) is 0.764. The van der Waals surface area contributed by atoms with E-state index in [4.69, 9.17) is 17.3 Å². The van der Waals surface area contributed by atoms with Crippen molar-refractivity contribution in [1.29, 1.82) is 0 Å². The molecule has 1 nitrogen and oxygen atoms in total. The lowest BCUT2D eigenvalue weighted by Gasteiger charge is -2.06. The Morgan fingerprint density at radius 3 is 2.67 bits per heavy atom. The van der Waals surface area contributed by atoms with Gasteiger partial charge in [-0.25, -0.2) is 8.78 Å². The molecule has 1 aromatic rings. The summed E-state index contributed by atoms with van der Waals surface area (Å²) in [6.07, 6.45) is -1.32. The monoisotopic (exact) mass is 191 g/mol. The first-order chi connectivity index (χ1) is 5.65. The highest BCUT2D eigenvalue weighted by Gasteiger charge is 2.11. The Morgan fingerprint density at radius 2 is 2.17 bits per heavy atom. The molecule has 2 N–H and O–H groups in total. The molecule has 1 unspecified atom stereocenters. The average Bonchev–Trinajstić information content (AvgIpc) is 2.03. The van der Waals surface area contributed by atoms with Gasteiger partial charge in [0.05, 0.1) is 0 Å². The molecule has 0 saturated heterocycles. The van der Waals surface area contributed by atoms with E-state index in [1.54, 1.807) is 0 Å². The van der Waals surface area contributed by atoms with Gasteiger partial charge in [-0.3, -0.25) is 0 Å². The van der Waals surface area contributed by atoms with Crippen molar-refractivity contribution in [3.63, 3.8) is 0 Å². The fourth-order valence-electron chi connectivity index (χ4n) is 0.883. The Bertz CT molecular complexity index is 278. The highest BCUT2D eigenvalue weighted by atomic mass is 35.5. The number of halogens is 3. The molecule has 0 aliphatic rings. The second-order valence-corrected chi connectivity index (χ2v) is 2.78. The zero-order valence-corrected chi connectivity index (χ0v) is 6.98. The minimum Gasteiger partial charge on any atom is -0.327 e. The van der Waals surface area contributed by atoms with Crippen LogP contribution in [0.3, 0.4) is 0 Å². The lowest BCUT2D eigenvalue weighted by molar-refractivity contribution is 0.352. The number of hydrogen-bond donors (Lipinski definition) is 1. The van der Waals surface area contributed by atoms with Crippen molar-refractivity contribution in [1.82, 2.24) is 0 Å². The van der Waals surface area contributed by atoms with Crippen LogP contribution in [-0.4, -0.2) is 6.54 Å². The van der Waals surface area contributed by atoms with E-state index in [1.165, 1.54) is 6.07 Å². The molecule has 0 radical (unpaired) electrons. The van der Waals surface area contributed by atoms with Gasteiger partial charge in [-0.15, -0.1) is 0 Å². The van der Waals surface area contributed by atoms with E-state index < -0.39 is 12.0 Å². The van der Waals surface area contributed by atoms with Crippen LogP contribution in [0.2, 0.25) is 5.02 Å². The van der Waals surface area contributed by atoms with Gasteiger partial charge >= 0.3 is 0 Å². The minimum atomic E-state index is -1.32. The molecule has 0 aromatic heterocycles. The van der Waals surface area contributed by atoms with E-state index >= 15 is 0 Å². The first-order valence-corrected chi connectivity index (χ1v) is 3.82. The van der Waals surface area contributed by atoms with Crippen LogP contribution in [-0.2, 0) is 0 Å². The number of rotatable bonds is 2. The van der Waals surface area contributed by atoms with E-state index in [1.807, 2.05) is 0 Å². The van der Waals surface area contributed by atoms with Crippen LogP contribution in [0.25, 0.3) is 0 Å². The Balaban J connectivity index is 3.01. The normalized spacial score (nSPS) is 13.0. The maximum absolute atomic E-state index is 12.9. The van der Waals surface area contributed by atoms with Crippen molar-refractivity contribution in [2.45, 2.75) is 6.17 Å². The molecule has 1 rings (SSSR count). The molecule has 0 fully saturated rings. The lowest BCUT2D eigenvalue weighted by Crippen LogP contribution is -2.08. The van der Waals surface area contributed by atoms with E-state index in [2.05, 4.69) is 0 Å². The van der Waals surface area contributed by atoms with Gasteiger partial charge in [0.1, 0.15) is 12.0 Å². The Kier molecular flexibility index (Phi) is 3.00. The van der Waals surface area contributed by atoms with Crippen molar-refractivity contribution in [3.05, 3.63) is 34.6 Å². The molecular formula is C8H8ClF2N. The average molecular weight is 192 g/mol. The van der Waals surface area contributed by atoms with Gasteiger partial charge < -0.3 is 5.73 Å². The van der Waals surface area contributed by atoms with E-state index in [9.17, 15) is 8.78 Å². The molecule has 66 valence electrons. The van der Waals surface area contributed by atoms with E-state index in [0.717, 1.165) is 12.1 Å². The second kappa shape index (κ2) is 3.83. The molecule has 0 aliphatic carbocycles. The molecular weight excluding hydrogens is 184 g/mol. The first kappa shape index (κ1) is 9.42. The van der Waals surface area contributed by atoms with Crippen LogP contribution < -0.4 is 5.73 Å². The molecule has 1 atom stereocenters. The van der Waals surface area contributed by atoms with Crippen LogP contribution in [0.5, 0.6) is 0 Å². The van der Waals surface area contributed by atoms with Gasteiger partial charge in [-0.2, -0.15) is 0 Å². The maximum atomic E-state index is 12.9. The highest BCUT2D eigenvalue weighted by Crippen LogP contribution is 2.25. The Hall–Kier alpha value is -0.670. The van der Waals surface area contributed by atoms with Gasteiger partial charge in [-0.1, -0.05) is 17.7 Å². The predicted molar refractivity (Wildman–Crippen MR) is 44.3 cm³/mol. The summed E-state index contributed by atoms with van der Waals surface area (Å²) >= 11 is 5.57. The van der Waals surface area contributed by atoms with Crippen LogP contribution in [0, 0.1) is 5.82 Å². The topological polar surface area (TPSA) is 26.0 Å². The van der Waals surface area contributed by atoms with Gasteiger partial charge in [-0.05, 0) is 12.1 Å². The molecule has 0 heterocycles. The Morgan fingerprint density at radius 1 is 1.50 bits per heavy atom. The van der Waals surface area contributed by atoms with Crippen LogP contribution in [0.15, 0.2) is 18.2 Å². The largest absolute Gasteiger partial charge is 0.327 e. The summed E-state index contributed by atoms with van der Waals surface area (Å²) in [6, 6.07) is 3.53. The molecule has 12 heavy (non-hydrogen) atoms. The molecule has 0 spiro atoms. The summed E-state index contributed by atoms with van der Waals surface area (Å²) in [5.41, 5.74) is 5.32. The van der Waals surface area contributed by atoms with Gasteiger partial charge in [0, 0.05) is 17.1 Å². The summed E-state index contributed by atoms with van der Waals surface area (Å²) in [5, 5.41) is 0.0768. The van der Waals surface area contributed by atoms with Crippen LogP contribution >= 0.6 is 11.6 Å². The van der Waals surface area contributed by atoms with Crippen molar-refractivity contribution in [2.75, 3.05) is 6.54 Å². The number of alkyl halides is 1. The molecule has 0 saturated carbocycles. The van der Waals surface area contributed by atoms with Crippen LogP contribution in [0.4, 0.5) is 8.78 Å². The zero-order chi connectivity index (χ0) is 9.14. The van der Waals surface area contributed by atoms with Gasteiger partial charge in [0.25, 0.3) is 0 Å².